The number of aliphatic hydroxyl groups excluding tert-OH is 1. The van der Waals surface area contributed by atoms with E-state index in [4.69, 9.17) is 9.52 Å². The minimum absolute atomic E-state index is 0.249. The molecule has 1 aromatic heterocycles. The average Bonchev–Trinajstić information content (AvgIpc) is 2.88. The maximum atomic E-state index is 13.7. The largest absolute Gasteiger partial charge is 0.438 e. The zero-order valence-electron chi connectivity index (χ0n) is 9.43. The Labute approximate surface area is 103 Å². The molecule has 0 saturated heterocycles. The van der Waals surface area contributed by atoms with Crippen LogP contribution in [0.15, 0.2) is 47.0 Å². The van der Waals surface area contributed by atoms with Gasteiger partial charge in [-0.25, -0.2) is 9.37 Å². The molecule has 3 nitrogen and oxygen atoms in total. The second-order valence-electron chi connectivity index (χ2n) is 3.92. The summed E-state index contributed by atoms with van der Waals surface area (Å²) in [4.78, 5) is 3.93. The Bertz CT molecular complexity index is 706. The summed E-state index contributed by atoms with van der Waals surface area (Å²) in [5, 5.41) is 10.2. The van der Waals surface area contributed by atoms with Gasteiger partial charge in [0.05, 0.1) is 6.20 Å². The van der Waals surface area contributed by atoms with E-state index in [1.54, 1.807) is 18.2 Å². The Hall–Kier alpha value is -2.20. The Morgan fingerprint density at radius 2 is 1.89 bits per heavy atom. The van der Waals surface area contributed by atoms with Gasteiger partial charge in [-0.05, 0) is 17.5 Å². The highest BCUT2D eigenvalue weighted by molar-refractivity contribution is 5.95. The predicted octanol–water partition coefficient (Wildman–Crippen LogP) is 3.13. The summed E-state index contributed by atoms with van der Waals surface area (Å²) in [6.07, 6.45) is 1.53. The molecule has 0 unspecified atom stereocenters. The normalized spacial score (nSPS) is 11.0. The third-order valence-electron chi connectivity index (χ3n) is 2.83. The first-order chi connectivity index (χ1) is 8.79. The van der Waals surface area contributed by atoms with Crippen LogP contribution < -0.4 is 0 Å². The number of halogens is 1. The molecule has 0 fully saturated rings. The first-order valence-electron chi connectivity index (χ1n) is 5.53. The van der Waals surface area contributed by atoms with Crippen molar-refractivity contribution in [1.82, 2.24) is 4.98 Å². The van der Waals surface area contributed by atoms with Gasteiger partial charge < -0.3 is 9.52 Å². The van der Waals surface area contributed by atoms with Gasteiger partial charge >= 0.3 is 0 Å². The van der Waals surface area contributed by atoms with Gasteiger partial charge in [0.15, 0.2) is 5.76 Å². The van der Waals surface area contributed by atoms with Crippen molar-refractivity contribution in [2.24, 2.45) is 0 Å². The lowest BCUT2D eigenvalue weighted by atomic mass is 10.0. The molecule has 0 aliphatic rings. The summed E-state index contributed by atoms with van der Waals surface area (Å²) >= 11 is 0. The molecule has 0 bridgehead atoms. The second-order valence-corrected chi connectivity index (χ2v) is 3.92. The van der Waals surface area contributed by atoms with Crippen molar-refractivity contribution in [1.29, 1.82) is 0 Å². The fourth-order valence-corrected chi connectivity index (χ4v) is 1.99. The van der Waals surface area contributed by atoms with Crippen LogP contribution in [-0.2, 0) is 6.61 Å². The molecular weight excluding hydrogens is 233 g/mol. The van der Waals surface area contributed by atoms with E-state index in [0.717, 1.165) is 10.9 Å². The van der Waals surface area contributed by atoms with Gasteiger partial charge in [-0.15, -0.1) is 0 Å². The number of oxazole rings is 1. The van der Waals surface area contributed by atoms with Gasteiger partial charge in [-0.2, -0.15) is 0 Å². The van der Waals surface area contributed by atoms with Gasteiger partial charge in [-0.1, -0.05) is 24.3 Å². The molecule has 0 radical (unpaired) electrons. The number of fused-ring (bicyclic) bond motifs is 1. The van der Waals surface area contributed by atoms with E-state index in [9.17, 15) is 4.39 Å². The lowest BCUT2D eigenvalue weighted by Crippen LogP contribution is -1.83. The molecule has 1 N–H and O–H groups in total. The van der Waals surface area contributed by atoms with Crippen LogP contribution in [-0.4, -0.2) is 10.1 Å². The number of hydrogen-bond donors (Lipinski definition) is 1. The highest BCUT2D eigenvalue weighted by Crippen LogP contribution is 2.30. The third-order valence-corrected chi connectivity index (χ3v) is 2.83. The van der Waals surface area contributed by atoms with E-state index in [0.29, 0.717) is 11.1 Å². The summed E-state index contributed by atoms with van der Waals surface area (Å²) in [5.74, 6) is 0.505. The van der Waals surface area contributed by atoms with Gasteiger partial charge in [0.2, 0.25) is 5.89 Å². The molecular formula is C14H10FNO2. The summed E-state index contributed by atoms with van der Waals surface area (Å²) in [6, 6.07) is 10.2. The Kier molecular flexibility index (Phi) is 2.57. The van der Waals surface area contributed by atoms with Crippen molar-refractivity contribution in [2.45, 2.75) is 6.61 Å². The maximum absolute atomic E-state index is 13.7. The van der Waals surface area contributed by atoms with E-state index in [1.807, 2.05) is 12.1 Å². The number of rotatable bonds is 2. The highest BCUT2D eigenvalue weighted by Gasteiger charge is 2.11. The molecule has 0 saturated carbocycles. The molecule has 0 amide bonds. The summed E-state index contributed by atoms with van der Waals surface area (Å²) in [5.41, 5.74) is 0.763. The molecule has 1 heterocycles. The fourth-order valence-electron chi connectivity index (χ4n) is 1.99. The molecule has 4 heteroatoms. The van der Waals surface area contributed by atoms with Gasteiger partial charge in [-0.3, -0.25) is 0 Å². The van der Waals surface area contributed by atoms with Crippen molar-refractivity contribution in [3.05, 3.63) is 54.3 Å². The summed E-state index contributed by atoms with van der Waals surface area (Å²) < 4.78 is 19.1. The molecule has 0 aliphatic carbocycles. The molecule has 18 heavy (non-hydrogen) atoms. The highest BCUT2D eigenvalue weighted by atomic mass is 19.1. The number of benzene rings is 2. The number of aliphatic hydroxyl groups is 1. The van der Waals surface area contributed by atoms with Gasteiger partial charge in [0, 0.05) is 10.9 Å². The standard InChI is InChI=1S/C14H10FNO2/c15-12-6-5-11(9-3-1-2-4-10(9)12)13-7-16-14(8-17)18-13/h1-7,17H,8H2. The van der Waals surface area contributed by atoms with E-state index >= 15 is 0 Å². The van der Waals surface area contributed by atoms with Crippen LogP contribution in [0.3, 0.4) is 0 Å². The van der Waals surface area contributed by atoms with E-state index in [1.165, 1.54) is 12.3 Å². The molecule has 3 rings (SSSR count). The smallest absolute Gasteiger partial charge is 0.220 e. The Balaban J connectivity index is 2.26. The van der Waals surface area contributed by atoms with Crippen molar-refractivity contribution in [2.75, 3.05) is 0 Å². The van der Waals surface area contributed by atoms with E-state index < -0.39 is 0 Å². The zero-order chi connectivity index (χ0) is 12.5. The van der Waals surface area contributed by atoms with Crippen LogP contribution >= 0.6 is 0 Å². The van der Waals surface area contributed by atoms with Crippen LogP contribution in [0.25, 0.3) is 22.1 Å². The minimum atomic E-state index is -0.267. The second kappa shape index (κ2) is 4.23. The van der Waals surface area contributed by atoms with Gasteiger partial charge in [0.25, 0.3) is 0 Å². The monoisotopic (exact) mass is 243 g/mol. The molecule has 0 spiro atoms. The zero-order valence-corrected chi connectivity index (χ0v) is 9.43. The van der Waals surface area contributed by atoms with Gasteiger partial charge in [0.1, 0.15) is 12.4 Å². The Morgan fingerprint density at radius 1 is 1.11 bits per heavy atom. The summed E-state index contributed by atoms with van der Waals surface area (Å²) in [7, 11) is 0. The van der Waals surface area contributed by atoms with Crippen LogP contribution in [0.5, 0.6) is 0 Å². The maximum Gasteiger partial charge on any atom is 0.220 e. The predicted molar refractivity (Wildman–Crippen MR) is 65.3 cm³/mol. The Morgan fingerprint density at radius 3 is 2.61 bits per heavy atom. The SMILES string of the molecule is OCc1ncc(-c2ccc(F)c3ccccc23)o1. The number of hydrogen-bond acceptors (Lipinski definition) is 3. The van der Waals surface area contributed by atoms with Crippen LogP contribution in [0, 0.1) is 5.82 Å². The first-order valence-corrected chi connectivity index (χ1v) is 5.53. The molecule has 3 aromatic rings. The van der Waals surface area contributed by atoms with Crippen LogP contribution in [0.4, 0.5) is 4.39 Å². The fraction of sp³-hybridized carbons (Fsp3) is 0.0714. The van der Waals surface area contributed by atoms with E-state index in [2.05, 4.69) is 4.98 Å². The van der Waals surface area contributed by atoms with Crippen molar-refractivity contribution >= 4 is 10.8 Å². The number of aromatic nitrogens is 1. The summed E-state index contributed by atoms with van der Waals surface area (Å²) in [6.45, 7) is -0.251. The molecule has 90 valence electrons. The van der Waals surface area contributed by atoms with Crippen molar-refractivity contribution in [3.8, 4) is 11.3 Å². The quantitative estimate of drug-likeness (QED) is 0.752. The lowest BCUT2D eigenvalue weighted by Gasteiger charge is -2.04. The van der Waals surface area contributed by atoms with Crippen molar-refractivity contribution in [3.63, 3.8) is 0 Å². The lowest BCUT2D eigenvalue weighted by molar-refractivity contribution is 0.241. The average molecular weight is 243 g/mol. The minimum Gasteiger partial charge on any atom is -0.438 e. The van der Waals surface area contributed by atoms with Crippen molar-refractivity contribution < 1.29 is 13.9 Å². The van der Waals surface area contributed by atoms with E-state index in [-0.39, 0.29) is 18.3 Å². The molecule has 0 aliphatic heterocycles. The molecule has 0 atom stereocenters. The van der Waals surface area contributed by atoms with Crippen LogP contribution in [0.2, 0.25) is 0 Å². The third kappa shape index (κ3) is 1.67. The first kappa shape index (κ1) is 10.9. The molecule has 2 aromatic carbocycles. The number of nitrogens with zero attached hydrogens (tertiary/aromatic N) is 1. The topological polar surface area (TPSA) is 46.3 Å². The van der Waals surface area contributed by atoms with Crippen LogP contribution in [0.1, 0.15) is 5.89 Å².